The minimum Gasteiger partial charge on any atom is -0.507 e. The number of fused-ring (bicyclic) bond motifs is 1. The number of aromatic hydroxyl groups is 1. The third kappa shape index (κ3) is 6.07. The highest BCUT2D eigenvalue weighted by atomic mass is 16.5. The molecule has 1 N–H and O–H groups in total. The molecule has 0 spiro atoms. The van der Waals surface area contributed by atoms with Crippen LogP contribution in [-0.4, -0.2) is 30.3 Å². The Morgan fingerprint density at radius 1 is 0.943 bits per heavy atom. The van der Waals surface area contributed by atoms with Crippen molar-refractivity contribution in [3.05, 3.63) is 101 Å². The van der Waals surface area contributed by atoms with Gasteiger partial charge >= 0.3 is 0 Å². The van der Waals surface area contributed by atoms with E-state index < -0.39 is 0 Å². The molecule has 35 heavy (non-hydrogen) atoms. The number of para-hydroxylation sites is 1. The number of carbonyl (C=O) groups is 1. The fourth-order valence-corrected chi connectivity index (χ4v) is 4.54. The van der Waals surface area contributed by atoms with Gasteiger partial charge in [0.15, 0.2) is 5.78 Å². The number of carbonyl (C=O) groups excluding carboxylic acids is 1. The van der Waals surface area contributed by atoms with Crippen LogP contribution in [0, 0.1) is 0 Å². The number of phenols is 1. The largest absolute Gasteiger partial charge is 0.507 e. The van der Waals surface area contributed by atoms with Gasteiger partial charge in [-0.05, 0) is 65.8 Å². The van der Waals surface area contributed by atoms with E-state index in [9.17, 15) is 9.90 Å². The Kier molecular flexibility index (Phi) is 8.50. The first-order valence-electron chi connectivity index (χ1n) is 12.5. The number of rotatable bonds is 11. The van der Waals surface area contributed by atoms with Gasteiger partial charge < -0.3 is 9.84 Å². The third-order valence-electron chi connectivity index (χ3n) is 6.39. The summed E-state index contributed by atoms with van der Waals surface area (Å²) >= 11 is 0. The fraction of sp³-hybridized carbons (Fsp3) is 0.290. The zero-order chi connectivity index (χ0) is 24.5. The van der Waals surface area contributed by atoms with Gasteiger partial charge in [0.05, 0.1) is 5.56 Å². The zero-order valence-corrected chi connectivity index (χ0v) is 20.4. The molecule has 180 valence electrons. The maximum absolute atomic E-state index is 13.5. The lowest BCUT2D eigenvalue weighted by Gasteiger charge is -2.24. The molecule has 0 radical (unpaired) electrons. The van der Waals surface area contributed by atoms with E-state index in [1.54, 1.807) is 24.3 Å². The molecule has 3 aromatic rings. The van der Waals surface area contributed by atoms with E-state index in [2.05, 4.69) is 24.0 Å². The van der Waals surface area contributed by atoms with Crippen molar-refractivity contribution in [1.29, 1.82) is 0 Å². The summed E-state index contributed by atoms with van der Waals surface area (Å²) in [5.41, 5.74) is 5.27. The number of hydrogen-bond donors (Lipinski definition) is 1. The first kappa shape index (κ1) is 24.5. The molecule has 1 aliphatic rings. The summed E-state index contributed by atoms with van der Waals surface area (Å²) in [6, 6.07) is 22.9. The highest BCUT2D eigenvalue weighted by Gasteiger charge is 2.26. The molecule has 0 amide bonds. The summed E-state index contributed by atoms with van der Waals surface area (Å²) < 4.78 is 5.84. The van der Waals surface area contributed by atoms with Crippen molar-refractivity contribution in [3.63, 3.8) is 0 Å². The molecule has 1 aliphatic carbocycles. The summed E-state index contributed by atoms with van der Waals surface area (Å²) in [7, 11) is 0. The third-order valence-corrected chi connectivity index (χ3v) is 6.39. The number of ether oxygens (including phenoxy) is 1. The Bertz CT molecular complexity index is 1210. The maximum Gasteiger partial charge on any atom is 0.193 e. The standard InChI is InChI=1S/C31H33NO3/c1-2-3-4-9-20-32-21-22-35-25-17-14-24(15-18-25)30-26-11-6-5-10-23(26)16-19-28(30)31(34)27-12-7-8-13-29(27)33/h5-8,10-15,17-18,21,33H,2-4,9,16,19-20,22H2,1H3. The number of aliphatic imine (C=N–C) groups is 1. The number of allylic oxidation sites excluding steroid dienone is 1. The van der Waals surface area contributed by atoms with Crippen molar-refractivity contribution in [1.82, 2.24) is 0 Å². The second kappa shape index (κ2) is 12.2. The Balaban J connectivity index is 1.55. The average Bonchev–Trinajstić information content (AvgIpc) is 2.90. The van der Waals surface area contributed by atoms with Crippen LogP contribution in [0.3, 0.4) is 0 Å². The van der Waals surface area contributed by atoms with Gasteiger partial charge in [-0.25, -0.2) is 0 Å². The lowest BCUT2D eigenvalue weighted by atomic mass is 9.79. The van der Waals surface area contributed by atoms with E-state index >= 15 is 0 Å². The number of phenolic OH excluding ortho intramolecular Hbond substituents is 1. The number of aryl methyl sites for hydroxylation is 1. The van der Waals surface area contributed by atoms with Gasteiger partial charge in [-0.1, -0.05) is 74.7 Å². The van der Waals surface area contributed by atoms with Crippen LogP contribution in [-0.2, 0) is 6.42 Å². The van der Waals surface area contributed by atoms with Crippen molar-refractivity contribution < 1.29 is 14.6 Å². The van der Waals surface area contributed by atoms with Crippen LogP contribution in [0.2, 0.25) is 0 Å². The highest BCUT2D eigenvalue weighted by molar-refractivity contribution is 6.16. The Morgan fingerprint density at radius 3 is 2.51 bits per heavy atom. The van der Waals surface area contributed by atoms with Crippen molar-refractivity contribution in [2.24, 2.45) is 4.99 Å². The van der Waals surface area contributed by atoms with Gasteiger partial charge in [0.2, 0.25) is 0 Å². The molecule has 0 atom stereocenters. The van der Waals surface area contributed by atoms with E-state index in [0.717, 1.165) is 47.4 Å². The molecule has 3 aromatic carbocycles. The summed E-state index contributed by atoms with van der Waals surface area (Å²) in [6.45, 7) is 3.50. The molecule has 0 saturated heterocycles. The monoisotopic (exact) mass is 467 g/mol. The fourth-order valence-electron chi connectivity index (χ4n) is 4.54. The number of benzene rings is 3. The van der Waals surface area contributed by atoms with E-state index in [1.165, 1.54) is 24.8 Å². The number of nitrogens with zero attached hydrogens (tertiary/aromatic N) is 1. The summed E-state index contributed by atoms with van der Waals surface area (Å²) in [4.78, 5) is 17.9. The van der Waals surface area contributed by atoms with Crippen molar-refractivity contribution >= 4 is 17.6 Å². The maximum atomic E-state index is 13.5. The van der Waals surface area contributed by atoms with Crippen molar-refractivity contribution in [2.75, 3.05) is 13.2 Å². The molecule has 0 unspecified atom stereocenters. The molecule has 0 bridgehead atoms. The van der Waals surface area contributed by atoms with Crippen LogP contribution in [0.5, 0.6) is 11.5 Å². The Labute approximate surface area is 208 Å². The van der Waals surface area contributed by atoms with E-state index in [4.69, 9.17) is 4.74 Å². The smallest absolute Gasteiger partial charge is 0.193 e. The molecule has 0 aliphatic heterocycles. The van der Waals surface area contributed by atoms with Crippen molar-refractivity contribution in [2.45, 2.75) is 45.4 Å². The molecule has 4 heteroatoms. The van der Waals surface area contributed by atoms with Gasteiger partial charge in [0.1, 0.15) is 18.1 Å². The molecule has 0 heterocycles. The van der Waals surface area contributed by atoms with Crippen LogP contribution >= 0.6 is 0 Å². The van der Waals surface area contributed by atoms with Crippen LogP contribution in [0.4, 0.5) is 0 Å². The normalized spacial score (nSPS) is 13.2. The van der Waals surface area contributed by atoms with Crippen LogP contribution in [0.25, 0.3) is 5.57 Å². The number of unbranched alkanes of at least 4 members (excludes halogenated alkanes) is 3. The lowest BCUT2D eigenvalue weighted by Crippen LogP contribution is -2.14. The van der Waals surface area contributed by atoms with Crippen LogP contribution in [0.1, 0.15) is 66.1 Å². The van der Waals surface area contributed by atoms with Crippen LogP contribution in [0.15, 0.2) is 83.4 Å². The second-order valence-electron chi connectivity index (χ2n) is 8.84. The molecule has 0 saturated carbocycles. The minimum absolute atomic E-state index is 0.0129. The van der Waals surface area contributed by atoms with E-state index in [-0.39, 0.29) is 11.5 Å². The summed E-state index contributed by atoms with van der Waals surface area (Å²) in [5.74, 6) is 0.659. The molecule has 0 fully saturated rings. The first-order chi connectivity index (χ1) is 17.2. The second-order valence-corrected chi connectivity index (χ2v) is 8.84. The SMILES string of the molecule is CCCCCCN=CCOc1ccc(C2=C(C(=O)c3ccccc3O)CCc3ccccc32)cc1. The predicted molar refractivity (Wildman–Crippen MR) is 143 cm³/mol. The van der Waals surface area contributed by atoms with Crippen LogP contribution < -0.4 is 4.74 Å². The first-order valence-corrected chi connectivity index (χ1v) is 12.5. The van der Waals surface area contributed by atoms with Gasteiger partial charge in [-0.3, -0.25) is 9.79 Å². The van der Waals surface area contributed by atoms with Crippen molar-refractivity contribution in [3.8, 4) is 11.5 Å². The average molecular weight is 468 g/mol. The van der Waals surface area contributed by atoms with Gasteiger partial charge in [0, 0.05) is 18.3 Å². The quantitative estimate of drug-likeness (QED) is 0.187. The number of Topliss-reactive ketones (excluding diaryl/α,β-unsaturated/α-hetero) is 1. The molecule has 0 aromatic heterocycles. The number of hydrogen-bond acceptors (Lipinski definition) is 4. The topological polar surface area (TPSA) is 58.9 Å². The van der Waals surface area contributed by atoms with E-state index in [0.29, 0.717) is 18.6 Å². The van der Waals surface area contributed by atoms with Gasteiger partial charge in [0.25, 0.3) is 0 Å². The van der Waals surface area contributed by atoms with Gasteiger partial charge in [-0.2, -0.15) is 0 Å². The molecule has 4 rings (SSSR count). The summed E-state index contributed by atoms with van der Waals surface area (Å²) in [6.07, 6.45) is 8.11. The molecular weight excluding hydrogens is 434 g/mol. The highest BCUT2D eigenvalue weighted by Crippen LogP contribution is 2.38. The summed E-state index contributed by atoms with van der Waals surface area (Å²) in [5, 5.41) is 10.3. The predicted octanol–water partition coefficient (Wildman–Crippen LogP) is 7.05. The van der Waals surface area contributed by atoms with E-state index in [1.807, 2.05) is 42.6 Å². The Morgan fingerprint density at radius 2 is 1.71 bits per heavy atom. The number of ketones is 1. The molecular formula is C31H33NO3. The lowest BCUT2D eigenvalue weighted by molar-refractivity contribution is 0.102. The molecule has 4 nitrogen and oxygen atoms in total. The zero-order valence-electron chi connectivity index (χ0n) is 20.4. The van der Waals surface area contributed by atoms with Gasteiger partial charge in [-0.15, -0.1) is 0 Å². The minimum atomic E-state index is -0.122. The Hall–Kier alpha value is -3.66.